The van der Waals surface area contributed by atoms with Gasteiger partial charge in [-0.3, -0.25) is 4.40 Å². The van der Waals surface area contributed by atoms with Crippen LogP contribution in [-0.2, 0) is 0 Å². The van der Waals surface area contributed by atoms with Crippen molar-refractivity contribution in [2.45, 2.75) is 46.0 Å². The first-order chi connectivity index (χ1) is 7.83. The van der Waals surface area contributed by atoms with Crippen molar-refractivity contribution >= 4 is 5.78 Å². The average Bonchev–Trinajstić information content (AvgIpc) is 2.60. The minimum atomic E-state index is 0.692. The third-order valence-corrected chi connectivity index (χ3v) is 2.98. The zero-order valence-corrected chi connectivity index (χ0v) is 10.3. The van der Waals surface area contributed by atoms with Crippen molar-refractivity contribution in [3.05, 3.63) is 29.8 Å². The maximum Gasteiger partial charge on any atom is 0.233 e. The molecule has 0 amide bonds. The normalized spacial score (nSPS) is 15.4. The highest BCUT2D eigenvalue weighted by molar-refractivity contribution is 5.33. The summed E-state index contributed by atoms with van der Waals surface area (Å²) in [6, 6.07) is 0. The van der Waals surface area contributed by atoms with Crippen molar-refractivity contribution in [2.75, 3.05) is 0 Å². The minimum absolute atomic E-state index is 0.692. The van der Waals surface area contributed by atoms with Gasteiger partial charge in [0, 0.05) is 24.5 Å². The van der Waals surface area contributed by atoms with E-state index >= 15 is 0 Å². The van der Waals surface area contributed by atoms with Crippen LogP contribution >= 0.6 is 0 Å². The number of aromatic nitrogens is 3. The van der Waals surface area contributed by atoms with Gasteiger partial charge in [0.15, 0.2) is 0 Å². The molecular weight excluding hydrogens is 198 g/mol. The molecule has 2 heterocycles. The Morgan fingerprint density at radius 1 is 1.25 bits per heavy atom. The summed E-state index contributed by atoms with van der Waals surface area (Å²) in [5.74, 6) is 1.52. The first-order valence-corrected chi connectivity index (χ1v) is 6.14. The fourth-order valence-electron chi connectivity index (χ4n) is 1.91. The van der Waals surface area contributed by atoms with E-state index in [1.807, 2.05) is 24.4 Å². The zero-order valence-electron chi connectivity index (χ0n) is 10.3. The number of aryl methyl sites for hydroxylation is 1. The predicted octanol–water partition coefficient (Wildman–Crippen LogP) is 3.33. The number of rotatable bonds is 1. The number of hydrogen-bond acceptors (Lipinski definition) is 2. The molecule has 0 spiro atoms. The number of hydrogen-bond donors (Lipinski definition) is 0. The van der Waals surface area contributed by atoms with E-state index in [2.05, 4.69) is 29.3 Å². The van der Waals surface area contributed by atoms with Crippen molar-refractivity contribution in [1.29, 1.82) is 0 Å². The highest BCUT2D eigenvalue weighted by Crippen LogP contribution is 2.35. The average molecular weight is 217 g/mol. The number of nitrogens with zero attached hydrogens (tertiary/aromatic N) is 3. The standard InChI is InChI=1S/C11H13N3.C2H6/c1-8-5-12-11-13-10(7-14(11)6-8)9-3-2-4-9;1-2/h5-7,9H,2-4H2,1H3;1-2H3. The first-order valence-electron chi connectivity index (χ1n) is 6.14. The van der Waals surface area contributed by atoms with E-state index in [9.17, 15) is 0 Å². The van der Waals surface area contributed by atoms with E-state index in [0.29, 0.717) is 5.92 Å². The van der Waals surface area contributed by atoms with Crippen LogP contribution in [0.15, 0.2) is 18.6 Å². The Balaban J connectivity index is 0.000000457. The summed E-state index contributed by atoms with van der Waals surface area (Å²) in [5.41, 5.74) is 2.39. The second kappa shape index (κ2) is 4.64. The van der Waals surface area contributed by atoms with E-state index in [-0.39, 0.29) is 0 Å². The molecule has 1 aliphatic carbocycles. The molecule has 0 aliphatic heterocycles. The molecule has 86 valence electrons. The van der Waals surface area contributed by atoms with Gasteiger partial charge in [-0.05, 0) is 25.3 Å². The zero-order chi connectivity index (χ0) is 11.5. The van der Waals surface area contributed by atoms with Crippen molar-refractivity contribution in [1.82, 2.24) is 14.4 Å². The molecule has 0 radical (unpaired) electrons. The molecule has 0 aromatic carbocycles. The molecule has 3 heteroatoms. The van der Waals surface area contributed by atoms with Gasteiger partial charge in [0.1, 0.15) is 0 Å². The molecule has 16 heavy (non-hydrogen) atoms. The molecule has 0 bridgehead atoms. The second-order valence-electron chi connectivity index (χ2n) is 4.13. The topological polar surface area (TPSA) is 30.2 Å². The summed E-state index contributed by atoms with van der Waals surface area (Å²) in [6.07, 6.45) is 10.0. The highest BCUT2D eigenvalue weighted by atomic mass is 15.1. The van der Waals surface area contributed by atoms with Crippen LogP contribution in [0.4, 0.5) is 0 Å². The largest absolute Gasteiger partial charge is 0.291 e. The van der Waals surface area contributed by atoms with Crippen LogP contribution in [0.1, 0.15) is 50.3 Å². The highest BCUT2D eigenvalue weighted by Gasteiger charge is 2.22. The van der Waals surface area contributed by atoms with Gasteiger partial charge in [0.2, 0.25) is 5.78 Å². The first kappa shape index (κ1) is 11.1. The van der Waals surface area contributed by atoms with E-state index in [0.717, 1.165) is 5.78 Å². The van der Waals surface area contributed by atoms with Gasteiger partial charge in [-0.1, -0.05) is 20.3 Å². The molecule has 2 aromatic rings. The lowest BCUT2D eigenvalue weighted by Gasteiger charge is -2.22. The maximum absolute atomic E-state index is 4.53. The summed E-state index contributed by atoms with van der Waals surface area (Å²) >= 11 is 0. The quantitative estimate of drug-likeness (QED) is 0.733. The SMILES string of the molecule is CC.Cc1cnc2nc(C3CCC3)cn2c1. The van der Waals surface area contributed by atoms with E-state index < -0.39 is 0 Å². The van der Waals surface area contributed by atoms with Gasteiger partial charge in [0.05, 0.1) is 5.69 Å². The summed E-state index contributed by atoms with van der Waals surface area (Å²) in [6.45, 7) is 6.05. The molecule has 1 saturated carbocycles. The van der Waals surface area contributed by atoms with E-state index in [1.165, 1.54) is 30.5 Å². The lowest BCUT2D eigenvalue weighted by atomic mass is 9.83. The van der Waals surface area contributed by atoms with Crippen LogP contribution in [0.5, 0.6) is 0 Å². The molecule has 0 N–H and O–H groups in total. The summed E-state index contributed by atoms with van der Waals surface area (Å²) in [4.78, 5) is 8.82. The molecular formula is C13H19N3. The van der Waals surface area contributed by atoms with Gasteiger partial charge in [0.25, 0.3) is 0 Å². The molecule has 1 aliphatic rings. The fourth-order valence-corrected chi connectivity index (χ4v) is 1.91. The van der Waals surface area contributed by atoms with Crippen molar-refractivity contribution < 1.29 is 0 Å². The molecule has 3 rings (SSSR count). The van der Waals surface area contributed by atoms with Crippen LogP contribution in [0.3, 0.4) is 0 Å². The Labute approximate surface area is 96.5 Å². The van der Waals surface area contributed by atoms with Gasteiger partial charge in [-0.25, -0.2) is 9.97 Å². The lowest BCUT2D eigenvalue weighted by Crippen LogP contribution is -2.08. The Morgan fingerprint density at radius 2 is 2.00 bits per heavy atom. The number of imidazole rings is 1. The van der Waals surface area contributed by atoms with E-state index in [4.69, 9.17) is 0 Å². The third-order valence-electron chi connectivity index (χ3n) is 2.98. The van der Waals surface area contributed by atoms with Crippen LogP contribution in [0.2, 0.25) is 0 Å². The van der Waals surface area contributed by atoms with Gasteiger partial charge in [-0.15, -0.1) is 0 Å². The molecule has 0 atom stereocenters. The molecule has 2 aromatic heterocycles. The Morgan fingerprint density at radius 3 is 2.62 bits per heavy atom. The monoisotopic (exact) mass is 217 g/mol. The van der Waals surface area contributed by atoms with Gasteiger partial charge < -0.3 is 0 Å². The number of fused-ring (bicyclic) bond motifs is 1. The molecule has 3 nitrogen and oxygen atoms in total. The predicted molar refractivity (Wildman–Crippen MR) is 65.7 cm³/mol. The van der Waals surface area contributed by atoms with Gasteiger partial charge >= 0.3 is 0 Å². The summed E-state index contributed by atoms with van der Waals surface area (Å²) < 4.78 is 2.03. The minimum Gasteiger partial charge on any atom is -0.291 e. The van der Waals surface area contributed by atoms with Crippen LogP contribution in [0.25, 0.3) is 5.78 Å². The van der Waals surface area contributed by atoms with Gasteiger partial charge in [-0.2, -0.15) is 0 Å². The fraction of sp³-hybridized carbons (Fsp3) is 0.538. The molecule has 0 unspecified atom stereocenters. The molecule has 0 saturated heterocycles. The van der Waals surface area contributed by atoms with Crippen molar-refractivity contribution in [3.63, 3.8) is 0 Å². The lowest BCUT2D eigenvalue weighted by molar-refractivity contribution is 0.412. The molecule has 1 fully saturated rings. The van der Waals surface area contributed by atoms with Crippen LogP contribution < -0.4 is 0 Å². The third kappa shape index (κ3) is 1.94. The maximum atomic E-state index is 4.53. The van der Waals surface area contributed by atoms with Crippen LogP contribution in [-0.4, -0.2) is 14.4 Å². The summed E-state index contributed by atoms with van der Waals surface area (Å²) in [7, 11) is 0. The van der Waals surface area contributed by atoms with Crippen molar-refractivity contribution in [2.24, 2.45) is 0 Å². The Kier molecular flexibility index (Phi) is 3.22. The Hall–Kier alpha value is -1.38. The summed E-state index contributed by atoms with van der Waals surface area (Å²) in [5, 5.41) is 0. The van der Waals surface area contributed by atoms with Crippen molar-refractivity contribution in [3.8, 4) is 0 Å². The second-order valence-corrected chi connectivity index (χ2v) is 4.13. The smallest absolute Gasteiger partial charge is 0.233 e. The van der Waals surface area contributed by atoms with Crippen LogP contribution in [0, 0.1) is 6.92 Å². The van der Waals surface area contributed by atoms with E-state index in [1.54, 1.807) is 0 Å². The Bertz CT molecular complexity index is 469.